The molecule has 1 aliphatic carbocycles. The van der Waals surface area contributed by atoms with E-state index in [-0.39, 0.29) is 35.8 Å². The summed E-state index contributed by atoms with van der Waals surface area (Å²) in [4.78, 5) is 11.7. The van der Waals surface area contributed by atoms with Crippen LogP contribution in [-0.2, 0) is 19.5 Å². The van der Waals surface area contributed by atoms with Crippen LogP contribution in [0.1, 0.15) is 48.8 Å². The summed E-state index contributed by atoms with van der Waals surface area (Å²) in [5, 5.41) is 11.5. The monoisotopic (exact) mass is 317 g/mol. The van der Waals surface area contributed by atoms with Gasteiger partial charge in [-0.2, -0.15) is 5.10 Å². The molecule has 1 saturated carbocycles. The van der Waals surface area contributed by atoms with E-state index < -0.39 is 16.0 Å². The molecule has 3 N–H and O–H groups in total. The van der Waals surface area contributed by atoms with Crippen molar-refractivity contribution in [2.45, 2.75) is 43.6 Å². The normalized spacial score (nSPS) is 15.4. The third kappa shape index (κ3) is 4.02. The van der Waals surface area contributed by atoms with Crippen molar-refractivity contribution in [3.05, 3.63) is 11.4 Å². The highest BCUT2D eigenvalue weighted by Gasteiger charge is 2.36. The summed E-state index contributed by atoms with van der Waals surface area (Å²) >= 11 is 0. The van der Waals surface area contributed by atoms with Crippen LogP contribution in [0.25, 0.3) is 0 Å². The number of carbonyl (C=O) groups is 1. The van der Waals surface area contributed by atoms with Crippen LogP contribution in [0.4, 0.5) is 0 Å². The molecule has 0 aromatic carbocycles. The third-order valence-electron chi connectivity index (χ3n) is 2.98. The number of primary sulfonamides is 1. The molecule has 0 aliphatic heterocycles. The number of rotatable bonds is 7. The number of H-pyrrole nitrogens is 1. The van der Waals surface area contributed by atoms with Crippen LogP contribution in [0.5, 0.6) is 0 Å². The molecule has 8 nitrogen and oxygen atoms in total. The van der Waals surface area contributed by atoms with Gasteiger partial charge < -0.3 is 9.47 Å². The second-order valence-corrected chi connectivity index (χ2v) is 6.69. The van der Waals surface area contributed by atoms with Crippen molar-refractivity contribution in [2.75, 3.05) is 13.2 Å². The molecule has 1 heterocycles. The predicted molar refractivity (Wildman–Crippen MR) is 73.3 cm³/mol. The molecule has 0 amide bonds. The maximum Gasteiger partial charge on any atom is 0.360 e. The van der Waals surface area contributed by atoms with Crippen LogP contribution in [-0.4, -0.2) is 43.9 Å². The SMILES string of the molecule is CC(C)OCCOC(=O)c1n[nH]c(C2CC2)c1S(N)(=O)=O. The summed E-state index contributed by atoms with van der Waals surface area (Å²) in [6, 6.07) is 0. The molecule has 0 saturated heterocycles. The van der Waals surface area contributed by atoms with Gasteiger partial charge in [0.05, 0.1) is 18.4 Å². The highest BCUT2D eigenvalue weighted by atomic mass is 32.2. The van der Waals surface area contributed by atoms with Crippen LogP contribution in [0.3, 0.4) is 0 Å². The lowest BCUT2D eigenvalue weighted by molar-refractivity contribution is 0.0170. The second-order valence-electron chi connectivity index (χ2n) is 5.19. The number of esters is 1. The summed E-state index contributed by atoms with van der Waals surface area (Å²) in [7, 11) is -4.04. The largest absolute Gasteiger partial charge is 0.458 e. The van der Waals surface area contributed by atoms with Gasteiger partial charge in [-0.15, -0.1) is 0 Å². The number of nitrogens with zero attached hydrogens (tertiary/aromatic N) is 1. The zero-order valence-corrected chi connectivity index (χ0v) is 12.8. The van der Waals surface area contributed by atoms with Crippen molar-refractivity contribution in [1.29, 1.82) is 0 Å². The third-order valence-corrected chi connectivity index (χ3v) is 3.96. The van der Waals surface area contributed by atoms with Gasteiger partial charge in [0, 0.05) is 5.92 Å². The van der Waals surface area contributed by atoms with Crippen molar-refractivity contribution >= 4 is 16.0 Å². The first-order valence-corrected chi connectivity index (χ1v) is 8.25. The molecule has 0 unspecified atom stereocenters. The molecule has 0 radical (unpaired) electrons. The average molecular weight is 317 g/mol. The number of hydrogen-bond acceptors (Lipinski definition) is 6. The number of nitrogens with one attached hydrogen (secondary N) is 1. The van der Waals surface area contributed by atoms with Crippen molar-refractivity contribution < 1.29 is 22.7 Å². The first-order chi connectivity index (χ1) is 9.80. The molecule has 0 bridgehead atoms. The van der Waals surface area contributed by atoms with Crippen LogP contribution in [0.15, 0.2) is 4.90 Å². The fraction of sp³-hybridized carbons (Fsp3) is 0.667. The number of carbonyl (C=O) groups excluding carboxylic acids is 1. The van der Waals surface area contributed by atoms with Crippen LogP contribution < -0.4 is 5.14 Å². The van der Waals surface area contributed by atoms with Gasteiger partial charge in [-0.1, -0.05) is 0 Å². The lowest BCUT2D eigenvalue weighted by Crippen LogP contribution is -2.19. The van der Waals surface area contributed by atoms with E-state index in [9.17, 15) is 13.2 Å². The Morgan fingerprint density at radius 2 is 2.10 bits per heavy atom. The first kappa shape index (κ1) is 15.9. The standard InChI is InChI=1S/C12H19N3O5S/c1-7(2)19-5-6-20-12(16)10-11(21(13,17)18)9(14-15-10)8-3-4-8/h7-8H,3-6H2,1-2H3,(H,14,15)(H2,13,17,18). The van der Waals surface area contributed by atoms with E-state index in [4.69, 9.17) is 14.6 Å². The van der Waals surface area contributed by atoms with E-state index in [0.29, 0.717) is 5.69 Å². The molecule has 0 atom stereocenters. The number of aromatic nitrogens is 2. The molecule has 21 heavy (non-hydrogen) atoms. The Labute approximate surface area is 123 Å². The number of aromatic amines is 1. The summed E-state index contributed by atoms with van der Waals surface area (Å²) in [6.07, 6.45) is 1.72. The summed E-state index contributed by atoms with van der Waals surface area (Å²) < 4.78 is 33.5. The molecular formula is C12H19N3O5S. The molecule has 2 rings (SSSR count). The minimum atomic E-state index is -4.04. The number of sulfonamides is 1. The van der Waals surface area contributed by atoms with Gasteiger partial charge in [0.2, 0.25) is 10.0 Å². The molecule has 1 aliphatic rings. The van der Waals surface area contributed by atoms with E-state index in [1.807, 2.05) is 13.8 Å². The lowest BCUT2D eigenvalue weighted by Gasteiger charge is -2.08. The van der Waals surface area contributed by atoms with Gasteiger partial charge >= 0.3 is 5.97 Å². The van der Waals surface area contributed by atoms with E-state index >= 15 is 0 Å². The first-order valence-electron chi connectivity index (χ1n) is 6.70. The highest BCUT2D eigenvalue weighted by Crippen LogP contribution is 2.42. The Morgan fingerprint density at radius 1 is 1.43 bits per heavy atom. The van der Waals surface area contributed by atoms with Crippen LogP contribution >= 0.6 is 0 Å². The van der Waals surface area contributed by atoms with E-state index in [1.54, 1.807) is 0 Å². The Kier molecular flexibility index (Phi) is 4.64. The molecular weight excluding hydrogens is 298 g/mol. The van der Waals surface area contributed by atoms with E-state index in [2.05, 4.69) is 10.2 Å². The number of hydrogen-bond donors (Lipinski definition) is 2. The Balaban J connectivity index is 2.10. The minimum absolute atomic E-state index is 0.0205. The molecule has 1 aromatic heterocycles. The molecule has 118 valence electrons. The van der Waals surface area contributed by atoms with Crippen molar-refractivity contribution in [3.63, 3.8) is 0 Å². The molecule has 9 heteroatoms. The van der Waals surface area contributed by atoms with Gasteiger partial charge in [0.15, 0.2) is 5.69 Å². The van der Waals surface area contributed by atoms with Gasteiger partial charge in [0.1, 0.15) is 11.5 Å². The maximum absolute atomic E-state index is 11.9. The second kappa shape index (κ2) is 6.12. The average Bonchev–Trinajstić information content (AvgIpc) is 3.11. The highest BCUT2D eigenvalue weighted by molar-refractivity contribution is 7.89. The molecule has 0 spiro atoms. The van der Waals surface area contributed by atoms with Crippen molar-refractivity contribution in [2.24, 2.45) is 5.14 Å². The summed E-state index contributed by atoms with van der Waals surface area (Å²) in [5.74, 6) is -0.758. The number of nitrogens with two attached hydrogens (primary N) is 1. The van der Waals surface area contributed by atoms with E-state index in [0.717, 1.165) is 12.8 Å². The zero-order valence-electron chi connectivity index (χ0n) is 12.0. The topological polar surface area (TPSA) is 124 Å². The smallest absolute Gasteiger partial charge is 0.360 e. The van der Waals surface area contributed by atoms with E-state index in [1.165, 1.54) is 0 Å². The zero-order chi connectivity index (χ0) is 15.6. The van der Waals surface area contributed by atoms with Crippen LogP contribution in [0.2, 0.25) is 0 Å². The van der Waals surface area contributed by atoms with Gasteiger partial charge in [0.25, 0.3) is 0 Å². The fourth-order valence-corrected chi connectivity index (χ4v) is 2.82. The van der Waals surface area contributed by atoms with Gasteiger partial charge in [-0.05, 0) is 26.7 Å². The Hall–Kier alpha value is -1.45. The fourth-order valence-electron chi connectivity index (χ4n) is 1.91. The van der Waals surface area contributed by atoms with Crippen LogP contribution in [0, 0.1) is 0 Å². The predicted octanol–water partition coefficient (Wildman–Crippen LogP) is 0.516. The quantitative estimate of drug-likeness (QED) is 0.558. The summed E-state index contributed by atoms with van der Waals surface area (Å²) in [5.41, 5.74) is 0.104. The van der Waals surface area contributed by atoms with Gasteiger partial charge in [-0.25, -0.2) is 18.4 Å². The Bertz CT molecular complexity index is 619. The molecule has 1 fully saturated rings. The van der Waals surface area contributed by atoms with Crippen molar-refractivity contribution in [3.8, 4) is 0 Å². The maximum atomic E-state index is 11.9. The Morgan fingerprint density at radius 3 is 2.62 bits per heavy atom. The lowest BCUT2D eigenvalue weighted by atomic mass is 10.2. The van der Waals surface area contributed by atoms with Crippen molar-refractivity contribution in [1.82, 2.24) is 10.2 Å². The summed E-state index contributed by atoms with van der Waals surface area (Å²) in [6.45, 7) is 3.97. The number of ether oxygens (including phenoxy) is 2. The van der Waals surface area contributed by atoms with Gasteiger partial charge in [-0.3, -0.25) is 5.10 Å². The molecule has 1 aromatic rings. The minimum Gasteiger partial charge on any atom is -0.458 e.